The van der Waals surface area contributed by atoms with E-state index < -0.39 is 17.9 Å². The molecular formula is C20H15FN6O2S. The van der Waals surface area contributed by atoms with E-state index in [2.05, 4.69) is 26.3 Å². The third-order valence-corrected chi connectivity index (χ3v) is 5.67. The second-order valence-electron chi connectivity index (χ2n) is 6.51. The Morgan fingerprint density at radius 2 is 2.07 bits per heavy atom. The first-order chi connectivity index (χ1) is 14.6. The fourth-order valence-electron chi connectivity index (χ4n) is 3.14. The van der Waals surface area contributed by atoms with Crippen LogP contribution in [0.4, 0.5) is 4.39 Å². The number of benzene rings is 1. The zero-order valence-corrected chi connectivity index (χ0v) is 16.4. The first-order valence-electron chi connectivity index (χ1n) is 8.98. The van der Waals surface area contributed by atoms with Crippen molar-refractivity contribution < 1.29 is 14.0 Å². The lowest BCUT2D eigenvalue weighted by atomic mass is 10.0. The number of halogens is 1. The van der Waals surface area contributed by atoms with E-state index in [0.29, 0.717) is 33.7 Å². The van der Waals surface area contributed by atoms with Crippen LogP contribution in [0.1, 0.15) is 10.5 Å². The van der Waals surface area contributed by atoms with Gasteiger partial charge in [0.05, 0.1) is 24.0 Å². The molecule has 0 unspecified atom stereocenters. The van der Waals surface area contributed by atoms with Gasteiger partial charge in [0.2, 0.25) is 11.9 Å². The highest BCUT2D eigenvalue weighted by Crippen LogP contribution is 2.25. The Kier molecular flexibility index (Phi) is 5.54. The van der Waals surface area contributed by atoms with Crippen LogP contribution in [0, 0.1) is 17.3 Å². The summed E-state index contributed by atoms with van der Waals surface area (Å²) in [5, 5.41) is 12.2. The van der Waals surface area contributed by atoms with Crippen LogP contribution in [0.25, 0.3) is 22.0 Å². The molecule has 0 bridgehead atoms. The number of hydrogen-bond acceptors (Lipinski definition) is 7. The fourth-order valence-corrected chi connectivity index (χ4v) is 4.24. The second-order valence-corrected chi connectivity index (χ2v) is 7.51. The van der Waals surface area contributed by atoms with Gasteiger partial charge in [-0.2, -0.15) is 9.65 Å². The molecule has 1 aliphatic heterocycles. The molecule has 0 spiro atoms. The zero-order valence-electron chi connectivity index (χ0n) is 15.6. The molecule has 3 heterocycles. The summed E-state index contributed by atoms with van der Waals surface area (Å²) < 4.78 is 13.5. The third-order valence-electron chi connectivity index (χ3n) is 4.66. The summed E-state index contributed by atoms with van der Waals surface area (Å²) in [7, 11) is 0. The van der Waals surface area contributed by atoms with E-state index in [4.69, 9.17) is 5.26 Å². The molecule has 0 saturated carbocycles. The molecule has 1 aromatic carbocycles. The highest BCUT2D eigenvalue weighted by Gasteiger charge is 2.29. The Labute approximate surface area is 175 Å². The van der Waals surface area contributed by atoms with Crippen molar-refractivity contribution in [1.82, 2.24) is 25.2 Å². The summed E-state index contributed by atoms with van der Waals surface area (Å²) >= 11 is 1.49. The molecule has 1 atom stereocenters. The minimum atomic E-state index is -0.607. The molecule has 2 aromatic heterocycles. The smallest absolute Gasteiger partial charge is 0.271 e. The minimum absolute atomic E-state index is 0.108. The summed E-state index contributed by atoms with van der Waals surface area (Å²) in [6.07, 6.45) is 2.63. The maximum atomic E-state index is 13.5. The standard InChI is InChI=1S/C20H15FN6O2S/c21-17-6-13(3-4-23-17)12-1-2-16-15(5-12)19(26-10-25-16)20(29)24-8-18(28)27-11-30-9-14(27)7-22/h1-6,10,14H,8-9,11H2,(H,24,29)/t14-/m1/s1. The SMILES string of the molecule is N#C[C@@H]1CSCN1C(=O)CNC(=O)c1ncnc2ccc(-c3ccnc(F)c3)cc12. The monoisotopic (exact) mass is 422 g/mol. The van der Waals surface area contributed by atoms with Gasteiger partial charge in [0.1, 0.15) is 18.1 Å². The van der Waals surface area contributed by atoms with Crippen LogP contribution in [0.2, 0.25) is 0 Å². The Morgan fingerprint density at radius 3 is 2.87 bits per heavy atom. The van der Waals surface area contributed by atoms with Gasteiger partial charge >= 0.3 is 0 Å². The Bertz CT molecular complexity index is 1180. The number of nitriles is 1. The van der Waals surface area contributed by atoms with Gasteiger partial charge in [-0.25, -0.2) is 15.0 Å². The maximum absolute atomic E-state index is 13.5. The van der Waals surface area contributed by atoms with E-state index in [0.717, 1.165) is 0 Å². The number of thioether (sulfide) groups is 1. The van der Waals surface area contributed by atoms with E-state index in [9.17, 15) is 14.0 Å². The molecule has 1 saturated heterocycles. The molecule has 0 radical (unpaired) electrons. The number of nitrogens with one attached hydrogen (secondary N) is 1. The van der Waals surface area contributed by atoms with E-state index in [1.54, 1.807) is 24.3 Å². The summed E-state index contributed by atoms with van der Waals surface area (Å²) in [4.78, 5) is 38.3. The van der Waals surface area contributed by atoms with Crippen molar-refractivity contribution in [1.29, 1.82) is 5.26 Å². The van der Waals surface area contributed by atoms with Crippen LogP contribution in [-0.2, 0) is 4.79 Å². The number of aromatic nitrogens is 3. The van der Waals surface area contributed by atoms with Gasteiger partial charge in [0.15, 0.2) is 0 Å². The summed E-state index contributed by atoms with van der Waals surface area (Å²) in [6, 6.07) is 9.73. The van der Waals surface area contributed by atoms with Crippen molar-refractivity contribution in [2.75, 3.05) is 18.2 Å². The van der Waals surface area contributed by atoms with Crippen molar-refractivity contribution in [3.05, 3.63) is 54.5 Å². The number of pyridine rings is 1. The van der Waals surface area contributed by atoms with Crippen LogP contribution >= 0.6 is 11.8 Å². The molecule has 1 N–H and O–H groups in total. The highest BCUT2D eigenvalue weighted by molar-refractivity contribution is 7.99. The van der Waals surface area contributed by atoms with E-state index >= 15 is 0 Å². The van der Waals surface area contributed by atoms with Crippen LogP contribution in [0.15, 0.2) is 42.9 Å². The van der Waals surface area contributed by atoms with Crippen LogP contribution in [0.5, 0.6) is 0 Å². The molecule has 8 nitrogen and oxygen atoms in total. The largest absolute Gasteiger partial charge is 0.342 e. The maximum Gasteiger partial charge on any atom is 0.271 e. The topological polar surface area (TPSA) is 112 Å². The average molecular weight is 422 g/mol. The first-order valence-corrected chi connectivity index (χ1v) is 10.1. The van der Waals surface area contributed by atoms with E-state index in [-0.39, 0.29) is 18.1 Å². The lowest BCUT2D eigenvalue weighted by Crippen LogP contribution is -2.42. The number of rotatable bonds is 4. The van der Waals surface area contributed by atoms with Gasteiger partial charge in [-0.05, 0) is 29.3 Å². The van der Waals surface area contributed by atoms with Crippen LogP contribution < -0.4 is 5.32 Å². The molecule has 4 rings (SSSR count). The minimum Gasteiger partial charge on any atom is -0.342 e. The number of carbonyl (C=O) groups is 2. The van der Waals surface area contributed by atoms with Gasteiger partial charge in [-0.15, -0.1) is 11.8 Å². The van der Waals surface area contributed by atoms with Crippen molar-refractivity contribution >= 4 is 34.5 Å². The Morgan fingerprint density at radius 1 is 1.23 bits per heavy atom. The van der Waals surface area contributed by atoms with Gasteiger partial charge in [-0.1, -0.05) is 6.07 Å². The van der Waals surface area contributed by atoms with Gasteiger partial charge in [0.25, 0.3) is 5.91 Å². The summed E-state index contributed by atoms with van der Waals surface area (Å²) in [6.45, 7) is -0.238. The van der Waals surface area contributed by atoms with Crippen molar-refractivity contribution in [3.8, 4) is 17.2 Å². The number of carbonyl (C=O) groups excluding carboxylic acids is 2. The van der Waals surface area contributed by atoms with Crippen molar-refractivity contribution in [3.63, 3.8) is 0 Å². The molecule has 2 amide bonds. The fraction of sp³-hybridized carbons (Fsp3) is 0.200. The Hall–Kier alpha value is -3.58. The molecular weight excluding hydrogens is 407 g/mol. The zero-order chi connectivity index (χ0) is 21.1. The van der Waals surface area contributed by atoms with Crippen LogP contribution in [-0.4, -0.2) is 55.9 Å². The van der Waals surface area contributed by atoms with Crippen LogP contribution in [0.3, 0.4) is 0 Å². The number of hydrogen-bond donors (Lipinski definition) is 1. The van der Waals surface area contributed by atoms with E-state index in [1.165, 1.54) is 35.3 Å². The van der Waals surface area contributed by atoms with Gasteiger partial charge < -0.3 is 10.2 Å². The molecule has 150 valence electrons. The molecule has 1 fully saturated rings. The van der Waals surface area contributed by atoms with E-state index in [1.807, 2.05) is 0 Å². The van der Waals surface area contributed by atoms with Crippen molar-refractivity contribution in [2.24, 2.45) is 0 Å². The number of fused-ring (bicyclic) bond motifs is 1. The quantitative estimate of drug-likeness (QED) is 0.640. The highest BCUT2D eigenvalue weighted by atomic mass is 32.2. The molecule has 30 heavy (non-hydrogen) atoms. The number of nitrogens with zero attached hydrogens (tertiary/aromatic N) is 5. The number of amides is 2. The van der Waals surface area contributed by atoms with Gasteiger partial charge in [0, 0.05) is 23.4 Å². The predicted octanol–water partition coefficient (Wildman–Crippen LogP) is 1.99. The predicted molar refractivity (Wildman–Crippen MR) is 109 cm³/mol. The molecule has 0 aliphatic carbocycles. The second kappa shape index (κ2) is 8.42. The van der Waals surface area contributed by atoms with Gasteiger partial charge in [-0.3, -0.25) is 9.59 Å². The Balaban J connectivity index is 1.57. The lowest BCUT2D eigenvalue weighted by molar-refractivity contribution is -0.129. The summed E-state index contributed by atoms with van der Waals surface area (Å²) in [5.41, 5.74) is 1.93. The average Bonchev–Trinajstić information content (AvgIpc) is 3.25. The molecule has 10 heteroatoms. The van der Waals surface area contributed by atoms with Crippen molar-refractivity contribution in [2.45, 2.75) is 6.04 Å². The third kappa shape index (κ3) is 3.92. The molecule has 1 aliphatic rings. The normalized spacial score (nSPS) is 15.7. The lowest BCUT2D eigenvalue weighted by Gasteiger charge is -2.18. The molecule has 3 aromatic rings. The summed E-state index contributed by atoms with van der Waals surface area (Å²) in [5.74, 6) is -0.482. The first kappa shape index (κ1) is 19.7.